The van der Waals surface area contributed by atoms with Crippen molar-refractivity contribution in [3.05, 3.63) is 23.8 Å². The van der Waals surface area contributed by atoms with Gasteiger partial charge in [-0.05, 0) is 32.1 Å². The van der Waals surface area contributed by atoms with Crippen LogP contribution in [0.25, 0.3) is 0 Å². The number of halogens is 2. The molecule has 0 bridgehead atoms. The average Bonchev–Trinajstić information content (AvgIpc) is 2.80. The largest absolute Gasteiger partial charge is 0.449 e. The quantitative estimate of drug-likeness (QED) is 0.853. The van der Waals surface area contributed by atoms with E-state index < -0.39 is 6.09 Å². The van der Waals surface area contributed by atoms with E-state index in [0.29, 0.717) is 12.5 Å². The predicted octanol–water partition coefficient (Wildman–Crippen LogP) is 3.56. The zero-order valence-electron chi connectivity index (χ0n) is 13.2. The van der Waals surface area contributed by atoms with Crippen LogP contribution in [0.1, 0.15) is 24.8 Å². The van der Waals surface area contributed by atoms with Gasteiger partial charge < -0.3 is 15.0 Å². The summed E-state index contributed by atoms with van der Waals surface area (Å²) in [7, 11) is 4.14. The number of rotatable bonds is 5. The Morgan fingerprint density at radius 2 is 2.14 bits per heavy atom. The zero-order chi connectivity index (χ0) is 14.5. The van der Waals surface area contributed by atoms with Gasteiger partial charge in [-0.1, -0.05) is 19.1 Å². The Kier molecular flexibility index (Phi) is 9.25. The van der Waals surface area contributed by atoms with Crippen molar-refractivity contribution < 1.29 is 9.53 Å². The number of carbonyl (C=O) groups excluding carboxylic acids is 1. The van der Waals surface area contributed by atoms with Crippen LogP contribution >= 0.6 is 24.8 Å². The number of likely N-dealkylation sites (N-methyl/N-ethyl adjacent to an activating group) is 1. The van der Waals surface area contributed by atoms with Crippen molar-refractivity contribution in [3.8, 4) is 0 Å². The molecular weight excluding hydrogens is 325 g/mol. The number of benzene rings is 1. The van der Waals surface area contributed by atoms with Crippen LogP contribution in [0.15, 0.2) is 18.2 Å². The highest BCUT2D eigenvalue weighted by molar-refractivity contribution is 5.91. The highest BCUT2D eigenvalue weighted by Gasteiger charge is 2.25. The molecule has 1 atom stereocenters. The lowest BCUT2D eigenvalue weighted by molar-refractivity contribution is 0.161. The number of fused-ring (bicyclic) bond motifs is 1. The monoisotopic (exact) mass is 349 g/mol. The Morgan fingerprint density at radius 3 is 2.77 bits per heavy atom. The minimum Gasteiger partial charge on any atom is -0.449 e. The first-order chi connectivity index (χ1) is 9.61. The third-order valence-electron chi connectivity index (χ3n) is 3.32. The van der Waals surface area contributed by atoms with E-state index in [0.717, 1.165) is 30.9 Å². The summed E-state index contributed by atoms with van der Waals surface area (Å²) in [5.41, 5.74) is 3.07. The number of carbonyl (C=O) groups is 1. The molecule has 1 aromatic rings. The molecule has 5 nitrogen and oxygen atoms in total. The molecule has 0 saturated heterocycles. The predicted molar refractivity (Wildman–Crippen MR) is 96.0 cm³/mol. The van der Waals surface area contributed by atoms with E-state index in [9.17, 15) is 4.79 Å². The topological polar surface area (TPSA) is 53.6 Å². The fourth-order valence-electron chi connectivity index (χ4n) is 2.49. The molecule has 1 aliphatic rings. The first-order valence-electron chi connectivity index (χ1n) is 7.07. The van der Waals surface area contributed by atoms with Crippen molar-refractivity contribution in [1.29, 1.82) is 0 Å². The van der Waals surface area contributed by atoms with Crippen molar-refractivity contribution in [1.82, 2.24) is 4.90 Å². The fraction of sp³-hybridized carbons (Fsp3) is 0.533. The zero-order valence-corrected chi connectivity index (χ0v) is 14.9. The van der Waals surface area contributed by atoms with Gasteiger partial charge in [-0.25, -0.2) is 4.79 Å². The maximum atomic E-state index is 11.7. The molecule has 2 rings (SSSR count). The molecule has 1 amide bonds. The summed E-state index contributed by atoms with van der Waals surface area (Å²) in [6.07, 6.45) is 0.432. The molecule has 22 heavy (non-hydrogen) atoms. The van der Waals surface area contributed by atoms with Crippen molar-refractivity contribution in [2.24, 2.45) is 0 Å². The highest BCUT2D eigenvalue weighted by atomic mass is 35.5. The molecule has 0 aromatic heterocycles. The number of amides is 1. The second kappa shape index (κ2) is 9.77. The molecule has 0 aliphatic carbocycles. The van der Waals surface area contributed by atoms with Gasteiger partial charge in [-0.15, -0.1) is 24.8 Å². The van der Waals surface area contributed by atoms with Gasteiger partial charge in [-0.2, -0.15) is 0 Å². The van der Waals surface area contributed by atoms with E-state index in [1.807, 2.05) is 19.1 Å². The Bertz CT molecular complexity index is 484. The van der Waals surface area contributed by atoms with Crippen molar-refractivity contribution in [2.45, 2.75) is 19.3 Å². The van der Waals surface area contributed by atoms with Gasteiger partial charge in [0.15, 0.2) is 0 Å². The summed E-state index contributed by atoms with van der Waals surface area (Å²) in [6, 6.07) is 5.99. The second-order valence-corrected chi connectivity index (χ2v) is 5.37. The smallest absolute Gasteiger partial charge is 0.411 e. The molecule has 0 saturated carbocycles. The van der Waals surface area contributed by atoms with Crippen LogP contribution < -0.4 is 10.6 Å². The number of ether oxygens (including phenoxy) is 1. The number of nitrogens with zero attached hydrogens (tertiary/aromatic N) is 1. The van der Waals surface area contributed by atoms with Crippen molar-refractivity contribution >= 4 is 42.3 Å². The fourth-order valence-corrected chi connectivity index (χ4v) is 2.49. The first kappa shape index (κ1) is 20.8. The van der Waals surface area contributed by atoms with Gasteiger partial charge in [0.2, 0.25) is 0 Å². The van der Waals surface area contributed by atoms with Crippen LogP contribution in [-0.2, 0) is 4.74 Å². The minimum absolute atomic E-state index is 0. The molecule has 7 heteroatoms. The second-order valence-electron chi connectivity index (χ2n) is 5.37. The van der Waals surface area contributed by atoms with Gasteiger partial charge in [0.25, 0.3) is 0 Å². The minimum atomic E-state index is -0.391. The van der Waals surface area contributed by atoms with E-state index in [-0.39, 0.29) is 24.8 Å². The van der Waals surface area contributed by atoms with Crippen LogP contribution in [0.5, 0.6) is 0 Å². The number of para-hydroxylation sites is 1. The summed E-state index contributed by atoms with van der Waals surface area (Å²) >= 11 is 0. The number of hydrogen-bond donors (Lipinski definition) is 2. The van der Waals surface area contributed by atoms with Crippen LogP contribution in [0, 0.1) is 0 Å². The van der Waals surface area contributed by atoms with E-state index in [1.165, 1.54) is 5.56 Å². The normalized spacial score (nSPS) is 15.2. The lowest BCUT2D eigenvalue weighted by Crippen LogP contribution is -2.21. The standard InChI is InChI=1S/C15H23N3O2.2ClH/c1-4-8-20-15(19)17-13-7-5-6-12-11(10-18(2)3)9-16-14(12)13;;/h5-7,11,16H,4,8-10H2,1-3H3,(H,17,19);2*1H. The Balaban J connectivity index is 0.00000220. The lowest BCUT2D eigenvalue weighted by atomic mass is 10.0. The Morgan fingerprint density at radius 1 is 1.41 bits per heavy atom. The molecule has 0 radical (unpaired) electrons. The third-order valence-corrected chi connectivity index (χ3v) is 3.32. The van der Waals surface area contributed by atoms with E-state index >= 15 is 0 Å². The van der Waals surface area contributed by atoms with E-state index in [1.54, 1.807) is 0 Å². The molecule has 126 valence electrons. The highest BCUT2D eigenvalue weighted by Crippen LogP contribution is 2.37. The van der Waals surface area contributed by atoms with Gasteiger partial charge in [-0.3, -0.25) is 5.32 Å². The van der Waals surface area contributed by atoms with Crippen molar-refractivity contribution in [3.63, 3.8) is 0 Å². The molecule has 0 spiro atoms. The van der Waals surface area contributed by atoms with Crippen molar-refractivity contribution in [2.75, 3.05) is 44.4 Å². The SMILES string of the molecule is CCCOC(=O)Nc1cccc2c1NCC2CN(C)C.Cl.Cl. The summed E-state index contributed by atoms with van der Waals surface area (Å²) in [4.78, 5) is 13.8. The summed E-state index contributed by atoms with van der Waals surface area (Å²) < 4.78 is 5.06. The van der Waals surface area contributed by atoms with Crippen LogP contribution in [0.4, 0.5) is 16.2 Å². The van der Waals surface area contributed by atoms with Gasteiger partial charge >= 0.3 is 6.09 Å². The van der Waals surface area contributed by atoms with Gasteiger partial charge in [0.05, 0.1) is 18.0 Å². The molecular formula is C15H25Cl2N3O2. The van der Waals surface area contributed by atoms with Crippen LogP contribution in [0.3, 0.4) is 0 Å². The number of anilines is 2. The Hall–Kier alpha value is -1.17. The number of nitrogens with one attached hydrogen (secondary N) is 2. The summed E-state index contributed by atoms with van der Waals surface area (Å²) in [5, 5.41) is 6.20. The average molecular weight is 350 g/mol. The maximum Gasteiger partial charge on any atom is 0.411 e. The molecule has 1 aromatic carbocycles. The molecule has 1 heterocycles. The summed E-state index contributed by atoms with van der Waals surface area (Å²) in [5.74, 6) is 0.452. The van der Waals surface area contributed by atoms with Crippen LogP contribution in [-0.4, -0.2) is 44.8 Å². The van der Waals surface area contributed by atoms with E-state index in [4.69, 9.17) is 4.74 Å². The van der Waals surface area contributed by atoms with E-state index in [2.05, 4.69) is 35.7 Å². The molecule has 1 aliphatic heterocycles. The molecule has 0 fully saturated rings. The third kappa shape index (κ3) is 5.23. The Labute approximate surface area is 144 Å². The van der Waals surface area contributed by atoms with Gasteiger partial charge in [0, 0.05) is 19.0 Å². The summed E-state index contributed by atoms with van der Waals surface area (Å²) in [6.45, 7) is 4.30. The maximum absolute atomic E-state index is 11.7. The van der Waals surface area contributed by atoms with Crippen LogP contribution in [0.2, 0.25) is 0 Å². The lowest BCUT2D eigenvalue weighted by Gasteiger charge is -2.16. The van der Waals surface area contributed by atoms with Gasteiger partial charge in [0.1, 0.15) is 0 Å². The first-order valence-corrected chi connectivity index (χ1v) is 7.07. The molecule has 1 unspecified atom stereocenters. The number of hydrogen-bond acceptors (Lipinski definition) is 4. The molecule has 2 N–H and O–H groups in total.